The maximum absolute atomic E-state index is 12.8. The summed E-state index contributed by atoms with van der Waals surface area (Å²) in [7, 11) is 1.61. The maximum atomic E-state index is 12.8. The van der Waals surface area contributed by atoms with E-state index in [0.717, 1.165) is 36.2 Å². The first kappa shape index (κ1) is 22.3. The van der Waals surface area contributed by atoms with Gasteiger partial charge in [0.05, 0.1) is 32.0 Å². The van der Waals surface area contributed by atoms with Crippen molar-refractivity contribution in [3.05, 3.63) is 43.5 Å². The maximum Gasteiger partial charge on any atom is 0.294 e. The number of pyridine rings is 1. The van der Waals surface area contributed by atoms with Gasteiger partial charge in [0.2, 0.25) is 0 Å². The van der Waals surface area contributed by atoms with E-state index in [1.807, 2.05) is 6.92 Å². The largest absolute Gasteiger partial charge is 0.378 e. The highest BCUT2D eigenvalue weighted by Crippen LogP contribution is 2.45. The Kier molecular flexibility index (Phi) is 7.36. The van der Waals surface area contributed by atoms with Crippen LogP contribution in [0.3, 0.4) is 0 Å². The molecule has 2 atom stereocenters. The number of methoxy groups -OCH3 is 1. The Morgan fingerprint density at radius 1 is 1.45 bits per heavy atom. The fraction of sp³-hybridized carbons (Fsp3) is 0.412. The number of carbonyl (C=O) groups excluding carboxylic acids is 1. The van der Waals surface area contributed by atoms with E-state index in [1.54, 1.807) is 7.11 Å². The minimum atomic E-state index is -0.523. The van der Waals surface area contributed by atoms with E-state index >= 15 is 0 Å². The minimum Gasteiger partial charge on any atom is -0.378 e. The molecule has 2 aromatic heterocycles. The molecule has 3 rings (SSSR count). The van der Waals surface area contributed by atoms with Gasteiger partial charge in [0, 0.05) is 38.7 Å². The average molecular weight is 477 g/mol. The molecule has 0 spiro atoms. The monoisotopic (exact) mass is 476 g/mol. The summed E-state index contributed by atoms with van der Waals surface area (Å²) in [5.41, 5.74) is -0.168. The molecule has 0 aliphatic carbocycles. The first-order valence-corrected chi connectivity index (χ1v) is 11.0. The summed E-state index contributed by atoms with van der Waals surface area (Å²) < 4.78 is 5.78. The van der Waals surface area contributed by atoms with Crippen LogP contribution < -0.4 is 5.32 Å². The molecule has 0 saturated carbocycles. The van der Waals surface area contributed by atoms with Gasteiger partial charge in [-0.15, -0.1) is 11.3 Å². The molecule has 1 aliphatic heterocycles. The lowest BCUT2D eigenvalue weighted by molar-refractivity contribution is -0.387. The van der Waals surface area contributed by atoms with E-state index in [1.165, 1.54) is 18.5 Å². The molecule has 1 amide bonds. The third-order valence-electron chi connectivity index (χ3n) is 4.51. The van der Waals surface area contributed by atoms with Crippen LogP contribution in [-0.2, 0) is 4.74 Å². The molecule has 2 unspecified atom stereocenters. The Balaban J connectivity index is 1.83. The van der Waals surface area contributed by atoms with Gasteiger partial charge in [-0.25, -0.2) is 0 Å². The van der Waals surface area contributed by atoms with Gasteiger partial charge in [0.1, 0.15) is 9.09 Å². The number of carbonyl (C=O) groups is 1. The summed E-state index contributed by atoms with van der Waals surface area (Å²) in [6.45, 7) is 4.28. The number of likely N-dealkylation sites (N-methyl/N-ethyl adjacent to an activating group) is 1. The predicted octanol–water partition coefficient (Wildman–Crippen LogP) is 3.96. The number of hydrogen-bond donors (Lipinski definition) is 1. The molecule has 1 saturated heterocycles. The fourth-order valence-electron chi connectivity index (χ4n) is 2.99. The van der Waals surface area contributed by atoms with E-state index in [4.69, 9.17) is 27.9 Å². The van der Waals surface area contributed by atoms with Crippen molar-refractivity contribution < 1.29 is 14.5 Å². The van der Waals surface area contributed by atoms with E-state index in [2.05, 4.69) is 15.2 Å². The van der Waals surface area contributed by atoms with Crippen molar-refractivity contribution in [1.29, 1.82) is 0 Å². The van der Waals surface area contributed by atoms with Crippen molar-refractivity contribution in [1.82, 2.24) is 15.2 Å². The summed E-state index contributed by atoms with van der Waals surface area (Å²) in [5.74, 6) is -0.373. The van der Waals surface area contributed by atoms with Crippen molar-refractivity contribution in [2.24, 2.45) is 0 Å². The number of amides is 1. The van der Waals surface area contributed by atoms with Crippen molar-refractivity contribution in [2.75, 3.05) is 26.7 Å². The number of aromatic nitrogens is 1. The standard InChI is InChI=1S/C17H18Cl2N4O4S2/c1-3-22-7-11(13(8-22)27-2)21-16(24)14-4-12(23(25)26)17(28-14)29-15-9(18)5-20-6-10(15)19/h4-6,11,13H,3,7-8H2,1-2H3,(H,21,24). The number of nitrogens with zero attached hydrogens (tertiary/aromatic N) is 3. The van der Waals surface area contributed by atoms with Gasteiger partial charge in [-0.1, -0.05) is 41.9 Å². The van der Waals surface area contributed by atoms with E-state index in [-0.39, 0.29) is 38.7 Å². The van der Waals surface area contributed by atoms with E-state index in [0.29, 0.717) is 15.6 Å². The van der Waals surface area contributed by atoms with Crippen molar-refractivity contribution in [3.63, 3.8) is 0 Å². The van der Waals surface area contributed by atoms with Crippen LogP contribution in [0.2, 0.25) is 10.0 Å². The number of hydrogen-bond acceptors (Lipinski definition) is 8. The normalized spacial score (nSPS) is 19.4. The highest BCUT2D eigenvalue weighted by atomic mass is 35.5. The van der Waals surface area contributed by atoms with Crippen LogP contribution in [0.4, 0.5) is 5.69 Å². The summed E-state index contributed by atoms with van der Waals surface area (Å²) in [5, 5.41) is 15.0. The third kappa shape index (κ3) is 5.01. The van der Waals surface area contributed by atoms with Crippen LogP contribution in [0.15, 0.2) is 27.6 Å². The molecule has 1 N–H and O–H groups in total. The van der Waals surface area contributed by atoms with Gasteiger partial charge in [-0.05, 0) is 6.54 Å². The molecule has 0 radical (unpaired) electrons. The summed E-state index contributed by atoms with van der Waals surface area (Å²) in [6.07, 6.45) is 2.69. The van der Waals surface area contributed by atoms with Crippen LogP contribution in [0.5, 0.6) is 0 Å². The van der Waals surface area contributed by atoms with Crippen LogP contribution in [-0.4, -0.2) is 59.6 Å². The fourth-order valence-corrected chi connectivity index (χ4v) is 5.76. The van der Waals surface area contributed by atoms with Gasteiger partial charge in [0.25, 0.3) is 11.6 Å². The number of halogens is 2. The average Bonchev–Trinajstić information content (AvgIpc) is 3.28. The summed E-state index contributed by atoms with van der Waals surface area (Å²) >= 11 is 14.3. The number of nitrogens with one attached hydrogen (secondary N) is 1. The van der Waals surface area contributed by atoms with E-state index in [9.17, 15) is 14.9 Å². The SMILES string of the molecule is CCN1CC(NC(=O)c2cc([N+](=O)[O-])c(Sc3c(Cl)cncc3Cl)s2)C(OC)C1. The van der Waals surface area contributed by atoms with Gasteiger partial charge < -0.3 is 10.1 Å². The van der Waals surface area contributed by atoms with Crippen LogP contribution in [0, 0.1) is 10.1 Å². The molecule has 0 aromatic carbocycles. The Morgan fingerprint density at radius 2 is 2.14 bits per heavy atom. The molecule has 1 aliphatic rings. The van der Waals surface area contributed by atoms with Crippen molar-refractivity contribution in [2.45, 2.75) is 28.2 Å². The molecule has 156 valence electrons. The van der Waals surface area contributed by atoms with Crippen molar-refractivity contribution >= 4 is 57.9 Å². The highest BCUT2D eigenvalue weighted by molar-refractivity contribution is 8.01. The quantitative estimate of drug-likeness (QED) is 0.476. The second-order valence-electron chi connectivity index (χ2n) is 6.28. The number of nitro groups is 1. The van der Waals surface area contributed by atoms with Crippen LogP contribution >= 0.6 is 46.3 Å². The smallest absolute Gasteiger partial charge is 0.294 e. The lowest BCUT2D eigenvalue weighted by atomic mass is 10.2. The van der Waals surface area contributed by atoms with Crippen LogP contribution in [0.1, 0.15) is 16.6 Å². The first-order chi connectivity index (χ1) is 13.8. The van der Waals surface area contributed by atoms with Gasteiger partial charge in [-0.2, -0.15) is 0 Å². The molecular formula is C17H18Cl2N4O4S2. The van der Waals surface area contributed by atoms with Crippen molar-refractivity contribution in [3.8, 4) is 0 Å². The minimum absolute atomic E-state index is 0.128. The number of ether oxygens (including phenoxy) is 1. The zero-order valence-corrected chi connectivity index (χ0v) is 18.7. The predicted molar refractivity (Wildman–Crippen MR) is 114 cm³/mol. The molecule has 12 heteroatoms. The van der Waals surface area contributed by atoms with Gasteiger partial charge in [0.15, 0.2) is 0 Å². The Hall–Kier alpha value is -1.43. The topological polar surface area (TPSA) is 97.6 Å². The second kappa shape index (κ2) is 9.59. The molecule has 2 aromatic rings. The first-order valence-electron chi connectivity index (χ1n) is 8.65. The highest BCUT2D eigenvalue weighted by Gasteiger charge is 2.34. The van der Waals surface area contributed by atoms with Gasteiger partial charge >= 0.3 is 0 Å². The molecule has 29 heavy (non-hydrogen) atoms. The molecule has 1 fully saturated rings. The van der Waals surface area contributed by atoms with E-state index < -0.39 is 4.92 Å². The number of thiophene rings is 1. The molecule has 8 nitrogen and oxygen atoms in total. The third-order valence-corrected chi connectivity index (χ3v) is 7.77. The number of rotatable bonds is 7. The second-order valence-corrected chi connectivity index (χ2v) is 9.43. The summed E-state index contributed by atoms with van der Waals surface area (Å²) in [6, 6.07) is 1.09. The summed E-state index contributed by atoms with van der Waals surface area (Å²) in [4.78, 5) is 30.5. The lowest BCUT2D eigenvalue weighted by Gasteiger charge is -2.17. The Bertz CT molecular complexity index is 907. The van der Waals surface area contributed by atoms with Crippen LogP contribution in [0.25, 0.3) is 0 Å². The molecule has 0 bridgehead atoms. The van der Waals surface area contributed by atoms with Gasteiger partial charge in [-0.3, -0.25) is 24.8 Å². The molecule has 3 heterocycles. The molecular weight excluding hydrogens is 459 g/mol. The Labute approximate surface area is 185 Å². The lowest BCUT2D eigenvalue weighted by Crippen LogP contribution is -2.43. The number of likely N-dealkylation sites (tertiary alicyclic amines) is 1. The zero-order chi connectivity index (χ0) is 21.1. The Morgan fingerprint density at radius 3 is 2.72 bits per heavy atom. The zero-order valence-electron chi connectivity index (χ0n) is 15.6.